The number of aryl methyl sites for hydroxylation is 1. The third-order valence-electron chi connectivity index (χ3n) is 3.49. The lowest BCUT2D eigenvalue weighted by molar-refractivity contribution is 0.0936. The molecular weight excluding hydrogens is 304 g/mol. The number of aromatic nitrogens is 2. The van der Waals surface area contributed by atoms with Gasteiger partial charge < -0.3 is 10.4 Å². The van der Waals surface area contributed by atoms with Gasteiger partial charge in [0.05, 0.1) is 6.10 Å². The van der Waals surface area contributed by atoms with Crippen molar-refractivity contribution in [2.75, 3.05) is 6.54 Å². The topological polar surface area (TPSA) is 67.2 Å². The normalized spacial score (nSPS) is 12.2. The number of rotatable bonds is 6. The van der Waals surface area contributed by atoms with Crippen LogP contribution in [0.15, 0.2) is 24.3 Å². The number of amides is 1. The molecule has 0 spiro atoms. The molecule has 0 aliphatic carbocycles. The van der Waals surface area contributed by atoms with E-state index in [1.165, 1.54) is 16.8 Å². The molecule has 0 aliphatic rings. The molecule has 1 aromatic heterocycles. The van der Waals surface area contributed by atoms with Gasteiger partial charge in [-0.1, -0.05) is 6.92 Å². The summed E-state index contributed by atoms with van der Waals surface area (Å²) >= 11 is 0. The summed E-state index contributed by atoms with van der Waals surface area (Å²) in [6.07, 6.45) is 0.616. The number of nitrogens with one attached hydrogen (secondary N) is 1. The van der Waals surface area contributed by atoms with Crippen molar-refractivity contribution in [3.05, 3.63) is 47.3 Å². The van der Waals surface area contributed by atoms with Crippen LogP contribution in [0.3, 0.4) is 0 Å². The molecule has 0 saturated heterocycles. The van der Waals surface area contributed by atoms with Crippen LogP contribution in [0, 0.1) is 18.6 Å². The zero-order valence-corrected chi connectivity index (χ0v) is 13.0. The number of aliphatic hydroxyl groups excluding tert-OH is 1. The average Bonchev–Trinajstić information content (AvgIpc) is 2.89. The number of nitrogens with zero attached hydrogens (tertiary/aromatic N) is 2. The zero-order chi connectivity index (χ0) is 17.0. The second-order valence-corrected chi connectivity index (χ2v) is 5.29. The third-order valence-corrected chi connectivity index (χ3v) is 3.49. The van der Waals surface area contributed by atoms with Gasteiger partial charge in [0.1, 0.15) is 11.5 Å². The Hall–Kier alpha value is -2.28. The number of hydrogen-bond donors (Lipinski definition) is 2. The fourth-order valence-electron chi connectivity index (χ4n) is 2.13. The Labute approximate surface area is 132 Å². The maximum atomic E-state index is 13.8. The lowest BCUT2D eigenvalue weighted by atomic mass is 10.2. The number of benzene rings is 1. The Bertz CT molecular complexity index is 701. The third kappa shape index (κ3) is 4.13. The van der Waals surface area contributed by atoms with Crippen LogP contribution < -0.4 is 5.32 Å². The fraction of sp³-hybridized carbons (Fsp3) is 0.375. The van der Waals surface area contributed by atoms with Gasteiger partial charge in [-0.25, -0.2) is 13.5 Å². The van der Waals surface area contributed by atoms with E-state index >= 15 is 0 Å². The summed E-state index contributed by atoms with van der Waals surface area (Å²) in [6.45, 7) is 3.85. The second-order valence-electron chi connectivity index (χ2n) is 5.29. The molecule has 1 atom stereocenters. The van der Waals surface area contributed by atoms with Gasteiger partial charge in [-0.05, 0) is 38.0 Å². The summed E-state index contributed by atoms with van der Waals surface area (Å²) in [6, 6.07) is 4.69. The van der Waals surface area contributed by atoms with E-state index in [9.17, 15) is 18.7 Å². The van der Waals surface area contributed by atoms with Crippen molar-refractivity contribution in [2.24, 2.45) is 0 Å². The Kier molecular flexibility index (Phi) is 5.44. The first-order valence-electron chi connectivity index (χ1n) is 7.40. The van der Waals surface area contributed by atoms with Gasteiger partial charge >= 0.3 is 0 Å². The van der Waals surface area contributed by atoms with Crippen molar-refractivity contribution < 1.29 is 18.7 Å². The highest BCUT2D eigenvalue weighted by atomic mass is 19.1. The predicted molar refractivity (Wildman–Crippen MR) is 81.5 cm³/mol. The summed E-state index contributed by atoms with van der Waals surface area (Å²) in [5, 5.41) is 16.2. The van der Waals surface area contributed by atoms with E-state index in [2.05, 4.69) is 10.4 Å². The van der Waals surface area contributed by atoms with Gasteiger partial charge in [-0.2, -0.15) is 5.10 Å². The highest BCUT2D eigenvalue weighted by Crippen LogP contribution is 2.17. The molecule has 7 heteroatoms. The molecule has 5 nitrogen and oxygen atoms in total. The predicted octanol–water partition coefficient (Wildman–Crippen LogP) is 2.35. The first-order valence-corrected chi connectivity index (χ1v) is 7.40. The standard InChI is InChI=1S/C16H19F2N3O2/c1-3-12(22)6-7-19-16(23)14-8-10(2)21(20-14)15-5-4-11(17)9-13(15)18/h4-5,8-9,12,22H,3,6-7H2,1-2H3,(H,19,23). The van der Waals surface area contributed by atoms with Gasteiger partial charge in [0.25, 0.3) is 5.91 Å². The lowest BCUT2D eigenvalue weighted by Crippen LogP contribution is -2.27. The smallest absolute Gasteiger partial charge is 0.271 e. The van der Waals surface area contributed by atoms with Crippen molar-refractivity contribution >= 4 is 5.91 Å². The summed E-state index contributed by atoms with van der Waals surface area (Å²) < 4.78 is 28.1. The van der Waals surface area contributed by atoms with Gasteiger partial charge in [0.2, 0.25) is 0 Å². The van der Waals surface area contributed by atoms with E-state index in [0.29, 0.717) is 25.1 Å². The summed E-state index contributed by atoms with van der Waals surface area (Å²) in [7, 11) is 0. The minimum absolute atomic E-state index is 0.0735. The quantitative estimate of drug-likeness (QED) is 0.857. The molecule has 2 N–H and O–H groups in total. The number of aliphatic hydroxyl groups is 1. The van der Waals surface area contributed by atoms with Crippen LogP contribution in [0.25, 0.3) is 5.69 Å². The maximum Gasteiger partial charge on any atom is 0.271 e. The maximum absolute atomic E-state index is 13.8. The summed E-state index contributed by atoms with van der Waals surface area (Å²) in [5.74, 6) is -1.84. The molecule has 1 amide bonds. The van der Waals surface area contributed by atoms with Crippen molar-refractivity contribution in [3.8, 4) is 5.69 Å². The molecule has 1 heterocycles. The molecule has 2 aromatic rings. The Balaban J connectivity index is 2.13. The summed E-state index contributed by atoms with van der Waals surface area (Å²) in [5.41, 5.74) is 0.760. The zero-order valence-electron chi connectivity index (χ0n) is 13.0. The van der Waals surface area contributed by atoms with Crippen LogP contribution in [-0.4, -0.2) is 33.4 Å². The second kappa shape index (κ2) is 7.32. The number of halogens is 2. The van der Waals surface area contributed by atoms with Gasteiger partial charge in [0.15, 0.2) is 11.5 Å². The molecule has 0 bridgehead atoms. The largest absolute Gasteiger partial charge is 0.393 e. The van der Waals surface area contributed by atoms with Gasteiger partial charge in [-0.15, -0.1) is 0 Å². The number of hydrogen-bond acceptors (Lipinski definition) is 3. The minimum atomic E-state index is -0.755. The minimum Gasteiger partial charge on any atom is -0.393 e. The Morgan fingerprint density at radius 3 is 2.78 bits per heavy atom. The highest BCUT2D eigenvalue weighted by molar-refractivity contribution is 5.92. The number of carbonyl (C=O) groups is 1. The first-order chi connectivity index (χ1) is 10.9. The van der Waals surface area contributed by atoms with E-state index in [1.54, 1.807) is 6.92 Å². The van der Waals surface area contributed by atoms with Crippen LogP contribution in [0.2, 0.25) is 0 Å². The molecule has 2 rings (SSSR count). The molecule has 1 unspecified atom stereocenters. The van der Waals surface area contributed by atoms with Crippen LogP contribution in [0.5, 0.6) is 0 Å². The Morgan fingerprint density at radius 2 is 2.13 bits per heavy atom. The molecule has 0 fully saturated rings. The molecule has 23 heavy (non-hydrogen) atoms. The van der Waals surface area contributed by atoms with Gasteiger partial charge in [0, 0.05) is 18.3 Å². The SMILES string of the molecule is CCC(O)CCNC(=O)c1cc(C)n(-c2ccc(F)cc2F)n1. The van der Waals surface area contributed by atoms with E-state index in [4.69, 9.17) is 0 Å². The van der Waals surface area contributed by atoms with Crippen molar-refractivity contribution in [2.45, 2.75) is 32.8 Å². The van der Waals surface area contributed by atoms with E-state index in [-0.39, 0.29) is 11.4 Å². The van der Waals surface area contributed by atoms with Crippen LogP contribution in [0.1, 0.15) is 35.9 Å². The molecule has 0 saturated carbocycles. The Morgan fingerprint density at radius 1 is 1.39 bits per heavy atom. The molecule has 0 aliphatic heterocycles. The highest BCUT2D eigenvalue weighted by Gasteiger charge is 2.15. The van der Waals surface area contributed by atoms with E-state index < -0.39 is 23.6 Å². The summed E-state index contributed by atoms with van der Waals surface area (Å²) in [4.78, 5) is 12.0. The van der Waals surface area contributed by atoms with Crippen LogP contribution >= 0.6 is 0 Å². The first kappa shape index (κ1) is 17.1. The molecule has 0 radical (unpaired) electrons. The number of carbonyl (C=O) groups excluding carboxylic acids is 1. The van der Waals surface area contributed by atoms with Crippen molar-refractivity contribution in [1.82, 2.24) is 15.1 Å². The van der Waals surface area contributed by atoms with Gasteiger partial charge in [-0.3, -0.25) is 4.79 Å². The van der Waals surface area contributed by atoms with Crippen molar-refractivity contribution in [1.29, 1.82) is 0 Å². The van der Waals surface area contributed by atoms with Crippen molar-refractivity contribution in [3.63, 3.8) is 0 Å². The molecular formula is C16H19F2N3O2. The van der Waals surface area contributed by atoms with E-state index in [1.807, 2.05) is 6.92 Å². The molecule has 124 valence electrons. The fourth-order valence-corrected chi connectivity index (χ4v) is 2.13. The molecule has 1 aromatic carbocycles. The van der Waals surface area contributed by atoms with E-state index in [0.717, 1.165) is 12.1 Å². The average molecular weight is 323 g/mol. The monoisotopic (exact) mass is 323 g/mol. The van der Waals surface area contributed by atoms with Crippen LogP contribution in [-0.2, 0) is 0 Å². The van der Waals surface area contributed by atoms with Crippen LogP contribution in [0.4, 0.5) is 8.78 Å². The lowest BCUT2D eigenvalue weighted by Gasteiger charge is -2.08.